The number of unbranched alkanes of at least 4 members (excludes halogenated alkanes) is 2. The highest BCUT2D eigenvalue weighted by atomic mass is 35.7. The molecule has 0 aromatic heterocycles. The highest BCUT2D eigenvalue weighted by molar-refractivity contribution is 7.33. The Morgan fingerprint density at radius 1 is 1.25 bits per heavy atom. The zero-order chi connectivity index (χ0) is 11.8. The molecule has 0 aliphatic rings. The SMILES string of the molecule is CCCCC=Cc1ccccc1C[SiH](Cl)Cl. The van der Waals surface area contributed by atoms with E-state index in [4.69, 9.17) is 22.2 Å². The first-order chi connectivity index (χ1) is 7.74. The van der Waals surface area contributed by atoms with Gasteiger partial charge in [-0.25, -0.2) is 0 Å². The lowest BCUT2D eigenvalue weighted by molar-refractivity contribution is 0.816. The van der Waals surface area contributed by atoms with Crippen molar-refractivity contribution in [2.75, 3.05) is 0 Å². The van der Waals surface area contributed by atoms with Crippen LogP contribution in [0.15, 0.2) is 30.3 Å². The largest absolute Gasteiger partial charge is 0.241 e. The van der Waals surface area contributed by atoms with Gasteiger partial charge >= 0.3 is 0 Å². The lowest BCUT2D eigenvalue weighted by atomic mass is 10.1. The Bertz CT molecular complexity index is 334. The molecule has 0 saturated heterocycles. The molecule has 0 atom stereocenters. The van der Waals surface area contributed by atoms with Gasteiger partial charge in [-0.15, -0.1) is 22.2 Å². The van der Waals surface area contributed by atoms with E-state index in [1.165, 1.54) is 24.0 Å². The standard InChI is InChI=1S/C13H18Cl2Si/c1-2-3-4-5-8-12-9-6-7-10-13(12)11-16(14)15/h5-10,16H,2-4,11H2,1H3. The minimum absolute atomic E-state index is 0.845. The molecule has 0 aliphatic carbocycles. The zero-order valence-electron chi connectivity index (χ0n) is 9.63. The minimum atomic E-state index is -1.56. The fourth-order valence-electron chi connectivity index (χ4n) is 1.58. The van der Waals surface area contributed by atoms with E-state index in [0.29, 0.717) is 0 Å². The van der Waals surface area contributed by atoms with Crippen LogP contribution in [0.3, 0.4) is 0 Å². The molecule has 0 unspecified atom stereocenters. The Morgan fingerprint density at radius 3 is 2.69 bits per heavy atom. The van der Waals surface area contributed by atoms with Crippen LogP contribution in [0.25, 0.3) is 6.08 Å². The van der Waals surface area contributed by atoms with Crippen LogP contribution in [0.4, 0.5) is 0 Å². The molecule has 16 heavy (non-hydrogen) atoms. The van der Waals surface area contributed by atoms with Crippen LogP contribution in [-0.2, 0) is 6.04 Å². The minimum Gasteiger partial charge on any atom is -0.150 e. The summed E-state index contributed by atoms with van der Waals surface area (Å²) in [6, 6.07) is 9.19. The average Bonchev–Trinajstić information content (AvgIpc) is 2.26. The van der Waals surface area contributed by atoms with Crippen molar-refractivity contribution < 1.29 is 0 Å². The van der Waals surface area contributed by atoms with Gasteiger partial charge in [0.2, 0.25) is 7.42 Å². The third kappa shape index (κ3) is 5.20. The van der Waals surface area contributed by atoms with E-state index in [1.807, 2.05) is 6.07 Å². The number of allylic oxidation sites excluding steroid dienone is 1. The van der Waals surface area contributed by atoms with Gasteiger partial charge in [0.25, 0.3) is 0 Å². The summed E-state index contributed by atoms with van der Waals surface area (Å²) in [7, 11) is -1.56. The summed E-state index contributed by atoms with van der Waals surface area (Å²) in [6.45, 7) is 2.21. The van der Waals surface area contributed by atoms with Gasteiger partial charge in [-0.05, 0) is 23.6 Å². The molecular formula is C13H18Cl2Si. The van der Waals surface area contributed by atoms with E-state index < -0.39 is 7.42 Å². The van der Waals surface area contributed by atoms with Crippen molar-refractivity contribution in [3.05, 3.63) is 41.5 Å². The normalized spacial score (nSPS) is 11.5. The zero-order valence-corrected chi connectivity index (χ0v) is 12.3. The molecule has 0 radical (unpaired) electrons. The summed E-state index contributed by atoms with van der Waals surface area (Å²) in [6.07, 6.45) is 8.07. The Labute approximate surface area is 109 Å². The molecule has 88 valence electrons. The third-order valence-electron chi connectivity index (χ3n) is 2.45. The molecule has 0 spiro atoms. The monoisotopic (exact) mass is 272 g/mol. The van der Waals surface area contributed by atoms with Gasteiger partial charge < -0.3 is 0 Å². The van der Waals surface area contributed by atoms with Crippen molar-refractivity contribution in [3.8, 4) is 0 Å². The highest BCUT2D eigenvalue weighted by Crippen LogP contribution is 2.15. The Balaban J connectivity index is 2.66. The van der Waals surface area contributed by atoms with Crippen LogP contribution in [-0.4, -0.2) is 7.42 Å². The number of benzene rings is 1. The van der Waals surface area contributed by atoms with Crippen LogP contribution < -0.4 is 0 Å². The molecule has 0 bridgehead atoms. The van der Waals surface area contributed by atoms with Crippen molar-refractivity contribution in [1.29, 1.82) is 0 Å². The number of halogens is 2. The predicted molar refractivity (Wildman–Crippen MR) is 77.6 cm³/mol. The summed E-state index contributed by atoms with van der Waals surface area (Å²) in [4.78, 5) is 0. The van der Waals surface area contributed by atoms with Crippen molar-refractivity contribution in [3.63, 3.8) is 0 Å². The third-order valence-corrected chi connectivity index (χ3v) is 4.13. The van der Waals surface area contributed by atoms with E-state index in [-0.39, 0.29) is 0 Å². The van der Waals surface area contributed by atoms with Crippen molar-refractivity contribution in [2.45, 2.75) is 32.2 Å². The average molecular weight is 273 g/mol. The molecule has 0 nitrogen and oxygen atoms in total. The Morgan fingerprint density at radius 2 is 2.00 bits per heavy atom. The fourth-order valence-corrected chi connectivity index (χ4v) is 3.28. The molecule has 0 amide bonds. The van der Waals surface area contributed by atoms with Gasteiger partial charge in [-0.2, -0.15) is 0 Å². The van der Waals surface area contributed by atoms with Crippen LogP contribution in [0.1, 0.15) is 37.3 Å². The van der Waals surface area contributed by atoms with E-state index in [9.17, 15) is 0 Å². The molecule has 0 heterocycles. The van der Waals surface area contributed by atoms with E-state index >= 15 is 0 Å². The molecule has 0 N–H and O–H groups in total. The van der Waals surface area contributed by atoms with Gasteiger partial charge in [0.05, 0.1) is 0 Å². The highest BCUT2D eigenvalue weighted by Gasteiger charge is 2.06. The summed E-state index contributed by atoms with van der Waals surface area (Å²) >= 11 is 11.9. The number of hydrogen-bond acceptors (Lipinski definition) is 0. The predicted octanol–water partition coefficient (Wildman–Crippen LogP) is 4.67. The van der Waals surface area contributed by atoms with E-state index in [0.717, 1.165) is 12.5 Å². The maximum absolute atomic E-state index is 5.95. The first-order valence-electron chi connectivity index (χ1n) is 5.76. The summed E-state index contributed by atoms with van der Waals surface area (Å²) in [5.74, 6) is 0. The number of hydrogen-bond donors (Lipinski definition) is 0. The van der Waals surface area contributed by atoms with Crippen molar-refractivity contribution >= 4 is 35.7 Å². The second kappa shape index (κ2) is 7.94. The molecular weight excluding hydrogens is 255 g/mol. The smallest absolute Gasteiger partial charge is 0.150 e. The molecule has 3 heteroatoms. The van der Waals surface area contributed by atoms with Crippen molar-refractivity contribution in [2.24, 2.45) is 0 Å². The van der Waals surface area contributed by atoms with E-state index in [2.05, 4.69) is 37.3 Å². The van der Waals surface area contributed by atoms with E-state index in [1.54, 1.807) is 0 Å². The van der Waals surface area contributed by atoms with Gasteiger partial charge in [-0.3, -0.25) is 0 Å². The van der Waals surface area contributed by atoms with Crippen LogP contribution in [0.2, 0.25) is 0 Å². The van der Waals surface area contributed by atoms with Gasteiger partial charge in [0, 0.05) is 0 Å². The van der Waals surface area contributed by atoms with Crippen LogP contribution in [0.5, 0.6) is 0 Å². The second-order valence-corrected chi connectivity index (χ2v) is 8.86. The lowest BCUT2D eigenvalue weighted by Crippen LogP contribution is -2.01. The second-order valence-electron chi connectivity index (χ2n) is 3.84. The molecule has 0 aliphatic heterocycles. The summed E-state index contributed by atoms with van der Waals surface area (Å²) < 4.78 is 0. The first-order valence-corrected chi connectivity index (χ1v) is 10.1. The van der Waals surface area contributed by atoms with Gasteiger partial charge in [-0.1, -0.05) is 56.2 Å². The summed E-state index contributed by atoms with van der Waals surface area (Å²) in [5, 5.41) is 0. The Hall–Kier alpha value is -0.243. The first kappa shape index (κ1) is 13.8. The molecule has 1 aromatic rings. The molecule has 1 aromatic carbocycles. The van der Waals surface area contributed by atoms with Gasteiger partial charge in [0.1, 0.15) is 0 Å². The number of rotatable bonds is 6. The van der Waals surface area contributed by atoms with Crippen LogP contribution in [0, 0.1) is 0 Å². The van der Waals surface area contributed by atoms with Crippen molar-refractivity contribution in [1.82, 2.24) is 0 Å². The molecule has 0 saturated carbocycles. The maximum atomic E-state index is 5.95. The molecule has 0 fully saturated rings. The van der Waals surface area contributed by atoms with Gasteiger partial charge in [0.15, 0.2) is 0 Å². The maximum Gasteiger partial charge on any atom is 0.241 e. The summed E-state index contributed by atoms with van der Waals surface area (Å²) in [5.41, 5.74) is 2.54. The quantitative estimate of drug-likeness (QED) is 0.401. The fraction of sp³-hybridized carbons (Fsp3) is 0.385. The topological polar surface area (TPSA) is 0 Å². The van der Waals surface area contributed by atoms with Crippen LogP contribution >= 0.6 is 22.2 Å². The molecule has 1 rings (SSSR count). The lowest BCUT2D eigenvalue weighted by Gasteiger charge is -2.05. The Kier molecular flexibility index (Phi) is 6.86.